The monoisotopic (exact) mass is 282 g/mol. The Morgan fingerprint density at radius 2 is 1.52 bits per heavy atom. The van der Waals surface area contributed by atoms with Gasteiger partial charge in [0.1, 0.15) is 0 Å². The summed E-state index contributed by atoms with van der Waals surface area (Å²) >= 11 is 0. The maximum Gasteiger partial charge on any atom is 0.243 e. The zero-order valence-corrected chi connectivity index (χ0v) is 13.1. The fourth-order valence-electron chi connectivity index (χ4n) is 2.25. The predicted octanol–water partition coefficient (Wildman–Crippen LogP) is 3.97. The quantitative estimate of drug-likeness (QED) is 0.891. The first kappa shape index (κ1) is 15.1. The van der Waals surface area contributed by atoms with Crippen LogP contribution >= 0.6 is 0 Å². The highest BCUT2D eigenvalue weighted by atomic mass is 16.1. The fourth-order valence-corrected chi connectivity index (χ4v) is 2.25. The molecule has 0 atom stereocenters. The molecular weight excluding hydrogens is 260 g/mol. The van der Waals surface area contributed by atoms with E-state index in [2.05, 4.69) is 34.9 Å². The van der Waals surface area contributed by atoms with Crippen LogP contribution in [0.4, 0.5) is 11.4 Å². The van der Waals surface area contributed by atoms with Gasteiger partial charge in [-0.15, -0.1) is 0 Å². The molecule has 0 spiro atoms. The third kappa shape index (κ3) is 4.09. The summed E-state index contributed by atoms with van der Waals surface area (Å²) in [4.78, 5) is 12.0. The van der Waals surface area contributed by atoms with E-state index in [0.717, 1.165) is 22.5 Å². The van der Waals surface area contributed by atoms with Crippen molar-refractivity contribution >= 4 is 17.3 Å². The van der Waals surface area contributed by atoms with Crippen LogP contribution in [0, 0.1) is 27.7 Å². The minimum Gasteiger partial charge on any atom is -0.376 e. The highest BCUT2D eigenvalue weighted by Gasteiger charge is 2.06. The van der Waals surface area contributed by atoms with E-state index < -0.39 is 0 Å². The Hall–Kier alpha value is -2.29. The SMILES string of the molecule is Cc1ccc(NC(=O)CNc2cc(C)ccc2C)c(C)c1. The zero-order chi connectivity index (χ0) is 15.4. The highest BCUT2D eigenvalue weighted by Crippen LogP contribution is 2.17. The smallest absolute Gasteiger partial charge is 0.243 e. The summed E-state index contributed by atoms with van der Waals surface area (Å²) in [5.74, 6) is -0.0390. The van der Waals surface area contributed by atoms with E-state index in [0.29, 0.717) is 0 Å². The number of hydrogen-bond donors (Lipinski definition) is 2. The van der Waals surface area contributed by atoms with Crippen molar-refractivity contribution in [1.29, 1.82) is 0 Å². The maximum atomic E-state index is 12.0. The molecule has 2 N–H and O–H groups in total. The zero-order valence-electron chi connectivity index (χ0n) is 13.1. The lowest BCUT2D eigenvalue weighted by Gasteiger charge is -2.12. The van der Waals surface area contributed by atoms with E-state index in [9.17, 15) is 4.79 Å². The maximum absolute atomic E-state index is 12.0. The Morgan fingerprint density at radius 3 is 2.24 bits per heavy atom. The van der Waals surface area contributed by atoms with Gasteiger partial charge in [-0.05, 0) is 56.5 Å². The number of carbonyl (C=O) groups is 1. The number of anilines is 2. The lowest BCUT2D eigenvalue weighted by molar-refractivity contribution is -0.114. The van der Waals surface area contributed by atoms with Gasteiger partial charge in [-0.25, -0.2) is 0 Å². The van der Waals surface area contributed by atoms with E-state index in [4.69, 9.17) is 0 Å². The van der Waals surface area contributed by atoms with Gasteiger partial charge < -0.3 is 10.6 Å². The van der Waals surface area contributed by atoms with E-state index >= 15 is 0 Å². The second kappa shape index (κ2) is 6.44. The summed E-state index contributed by atoms with van der Waals surface area (Å²) in [5, 5.41) is 6.13. The van der Waals surface area contributed by atoms with Crippen molar-refractivity contribution in [2.45, 2.75) is 27.7 Å². The number of hydrogen-bond acceptors (Lipinski definition) is 2. The summed E-state index contributed by atoms with van der Waals surface area (Å²) < 4.78 is 0. The van der Waals surface area contributed by atoms with Gasteiger partial charge in [0, 0.05) is 11.4 Å². The molecule has 0 aliphatic rings. The van der Waals surface area contributed by atoms with Crippen LogP contribution in [0.1, 0.15) is 22.3 Å². The van der Waals surface area contributed by atoms with Gasteiger partial charge in [0.2, 0.25) is 5.91 Å². The molecule has 0 fully saturated rings. The largest absolute Gasteiger partial charge is 0.376 e. The fraction of sp³-hybridized carbons (Fsp3) is 0.278. The molecule has 0 unspecified atom stereocenters. The first-order chi connectivity index (χ1) is 9.95. The first-order valence-corrected chi connectivity index (χ1v) is 7.14. The molecule has 2 aromatic rings. The van der Waals surface area contributed by atoms with Crippen LogP contribution in [-0.4, -0.2) is 12.5 Å². The molecule has 0 bridgehead atoms. The number of nitrogens with one attached hydrogen (secondary N) is 2. The molecule has 110 valence electrons. The van der Waals surface area contributed by atoms with Crippen molar-refractivity contribution in [3.8, 4) is 0 Å². The van der Waals surface area contributed by atoms with Gasteiger partial charge in [-0.3, -0.25) is 4.79 Å². The average molecular weight is 282 g/mol. The molecule has 0 saturated carbocycles. The van der Waals surface area contributed by atoms with E-state index in [1.54, 1.807) is 0 Å². The highest BCUT2D eigenvalue weighted by molar-refractivity contribution is 5.94. The lowest BCUT2D eigenvalue weighted by Crippen LogP contribution is -2.22. The van der Waals surface area contributed by atoms with Crippen LogP contribution < -0.4 is 10.6 Å². The van der Waals surface area contributed by atoms with Gasteiger partial charge in [0.25, 0.3) is 0 Å². The van der Waals surface area contributed by atoms with Gasteiger partial charge in [-0.2, -0.15) is 0 Å². The number of carbonyl (C=O) groups excluding carboxylic acids is 1. The van der Waals surface area contributed by atoms with E-state index in [1.165, 1.54) is 11.1 Å². The Bertz CT molecular complexity index is 662. The van der Waals surface area contributed by atoms with Crippen LogP contribution in [-0.2, 0) is 4.79 Å². The van der Waals surface area contributed by atoms with Crippen LogP contribution in [0.15, 0.2) is 36.4 Å². The number of amides is 1. The Kier molecular flexibility index (Phi) is 4.63. The minimum atomic E-state index is -0.0390. The molecule has 3 nitrogen and oxygen atoms in total. The topological polar surface area (TPSA) is 41.1 Å². The Labute approximate surface area is 126 Å². The second-order valence-electron chi connectivity index (χ2n) is 5.54. The summed E-state index contributed by atoms with van der Waals surface area (Å²) in [6, 6.07) is 12.2. The van der Waals surface area contributed by atoms with Crippen molar-refractivity contribution < 1.29 is 4.79 Å². The van der Waals surface area contributed by atoms with Crippen molar-refractivity contribution in [3.05, 3.63) is 58.7 Å². The second-order valence-corrected chi connectivity index (χ2v) is 5.54. The Balaban J connectivity index is 1.97. The van der Waals surface area contributed by atoms with Crippen LogP contribution in [0.5, 0.6) is 0 Å². The van der Waals surface area contributed by atoms with Crippen molar-refractivity contribution in [3.63, 3.8) is 0 Å². The average Bonchev–Trinajstić information content (AvgIpc) is 2.43. The first-order valence-electron chi connectivity index (χ1n) is 7.14. The minimum absolute atomic E-state index is 0.0390. The molecule has 2 aromatic carbocycles. The molecule has 1 amide bonds. The van der Waals surface area contributed by atoms with E-state index in [1.807, 2.05) is 39.8 Å². The third-order valence-electron chi connectivity index (χ3n) is 3.49. The van der Waals surface area contributed by atoms with Crippen molar-refractivity contribution in [2.24, 2.45) is 0 Å². The van der Waals surface area contributed by atoms with Gasteiger partial charge in [0.15, 0.2) is 0 Å². The molecule has 0 aliphatic heterocycles. The van der Waals surface area contributed by atoms with Crippen molar-refractivity contribution in [2.75, 3.05) is 17.2 Å². The summed E-state index contributed by atoms with van der Waals surface area (Å²) in [6.07, 6.45) is 0. The molecule has 0 heterocycles. The van der Waals surface area contributed by atoms with Gasteiger partial charge >= 0.3 is 0 Å². The molecule has 0 aliphatic carbocycles. The summed E-state index contributed by atoms with van der Waals surface area (Å²) in [6.45, 7) is 8.38. The van der Waals surface area contributed by atoms with Gasteiger partial charge in [0.05, 0.1) is 6.54 Å². The normalized spacial score (nSPS) is 10.3. The molecule has 0 radical (unpaired) electrons. The standard InChI is InChI=1S/C18H22N2O/c1-12-6-8-16(15(4)9-12)20-18(21)11-19-17-10-13(2)5-7-14(17)3/h5-10,19H,11H2,1-4H3,(H,20,21). The van der Waals surface area contributed by atoms with Crippen molar-refractivity contribution in [1.82, 2.24) is 0 Å². The van der Waals surface area contributed by atoms with Crippen LogP contribution in [0.25, 0.3) is 0 Å². The molecule has 3 heteroatoms. The summed E-state index contributed by atoms with van der Waals surface area (Å²) in [5.41, 5.74) is 6.46. The van der Waals surface area contributed by atoms with Gasteiger partial charge in [-0.1, -0.05) is 29.8 Å². The molecule has 0 saturated heterocycles. The number of benzene rings is 2. The number of aryl methyl sites for hydroxylation is 4. The number of rotatable bonds is 4. The third-order valence-corrected chi connectivity index (χ3v) is 3.49. The van der Waals surface area contributed by atoms with Crippen LogP contribution in [0.3, 0.4) is 0 Å². The lowest BCUT2D eigenvalue weighted by atomic mass is 10.1. The van der Waals surface area contributed by atoms with E-state index in [-0.39, 0.29) is 12.5 Å². The predicted molar refractivity (Wildman–Crippen MR) is 89.0 cm³/mol. The molecule has 0 aromatic heterocycles. The van der Waals surface area contributed by atoms with Crippen LogP contribution in [0.2, 0.25) is 0 Å². The summed E-state index contributed by atoms with van der Waals surface area (Å²) in [7, 11) is 0. The molecular formula is C18H22N2O. The molecule has 21 heavy (non-hydrogen) atoms. The molecule has 2 rings (SSSR count). The Morgan fingerprint density at radius 1 is 0.857 bits per heavy atom.